The molecule has 0 aromatic heterocycles. The van der Waals surface area contributed by atoms with Crippen LogP contribution in [0.5, 0.6) is 0 Å². The molecule has 0 saturated carbocycles. The van der Waals surface area contributed by atoms with Crippen LogP contribution < -0.4 is 11.1 Å². The maximum atomic E-state index is 12.4. The minimum absolute atomic E-state index is 0.0694. The lowest BCUT2D eigenvalue weighted by Gasteiger charge is -2.20. The molecule has 2 amide bonds. The summed E-state index contributed by atoms with van der Waals surface area (Å²) in [5, 5.41) is 3.25. The molecule has 2 unspecified atom stereocenters. The van der Waals surface area contributed by atoms with Crippen molar-refractivity contribution in [2.75, 3.05) is 18.4 Å². The summed E-state index contributed by atoms with van der Waals surface area (Å²) in [6.45, 7) is 1.09. The van der Waals surface area contributed by atoms with E-state index in [9.17, 15) is 9.59 Å². The topological polar surface area (TPSA) is 75.4 Å². The SMILES string of the molecule is NC(=O)C1CCN(C(=O)C2Cc3ccccc3N2)C1. The van der Waals surface area contributed by atoms with Crippen LogP contribution in [-0.4, -0.2) is 35.8 Å². The number of primary amides is 1. The van der Waals surface area contributed by atoms with Gasteiger partial charge in [0.2, 0.25) is 11.8 Å². The van der Waals surface area contributed by atoms with Crippen LogP contribution >= 0.6 is 0 Å². The zero-order valence-corrected chi connectivity index (χ0v) is 10.6. The van der Waals surface area contributed by atoms with E-state index in [2.05, 4.69) is 5.32 Å². The number of benzene rings is 1. The second kappa shape index (κ2) is 4.57. The molecule has 1 aromatic rings. The monoisotopic (exact) mass is 259 g/mol. The first kappa shape index (κ1) is 12.0. The second-order valence-corrected chi connectivity index (χ2v) is 5.23. The average molecular weight is 259 g/mol. The summed E-state index contributed by atoms with van der Waals surface area (Å²) in [6, 6.07) is 7.75. The highest BCUT2D eigenvalue weighted by Crippen LogP contribution is 2.27. The van der Waals surface area contributed by atoms with E-state index in [1.165, 1.54) is 5.56 Å². The normalized spacial score (nSPS) is 24.9. The Balaban J connectivity index is 1.66. The van der Waals surface area contributed by atoms with E-state index in [-0.39, 0.29) is 23.8 Å². The molecule has 5 nitrogen and oxygen atoms in total. The third kappa shape index (κ3) is 2.16. The molecule has 2 heterocycles. The molecular formula is C14H17N3O2. The molecule has 2 aliphatic rings. The van der Waals surface area contributed by atoms with Crippen molar-refractivity contribution < 1.29 is 9.59 Å². The predicted octanol–water partition coefficient (Wildman–Crippen LogP) is 0.357. The highest BCUT2D eigenvalue weighted by atomic mass is 16.2. The Morgan fingerprint density at radius 3 is 2.79 bits per heavy atom. The van der Waals surface area contributed by atoms with Gasteiger partial charge in [-0.3, -0.25) is 9.59 Å². The zero-order valence-electron chi connectivity index (χ0n) is 10.6. The number of hydrogen-bond donors (Lipinski definition) is 2. The Bertz CT molecular complexity index is 504. The molecule has 100 valence electrons. The number of nitrogens with two attached hydrogens (primary N) is 1. The van der Waals surface area contributed by atoms with Gasteiger partial charge >= 0.3 is 0 Å². The molecule has 3 rings (SSSR count). The standard InChI is InChI=1S/C14H17N3O2/c15-13(18)10-5-6-17(8-10)14(19)12-7-9-3-1-2-4-11(9)16-12/h1-4,10,12,16H,5-8H2,(H2,15,18). The van der Waals surface area contributed by atoms with E-state index in [0.717, 1.165) is 5.69 Å². The summed E-state index contributed by atoms with van der Waals surface area (Å²) in [7, 11) is 0. The molecule has 1 aromatic carbocycles. The maximum absolute atomic E-state index is 12.4. The summed E-state index contributed by atoms with van der Waals surface area (Å²) in [5.74, 6) is -0.425. The Morgan fingerprint density at radius 1 is 1.32 bits per heavy atom. The molecule has 0 bridgehead atoms. The van der Waals surface area contributed by atoms with Gasteiger partial charge in [0, 0.05) is 25.2 Å². The summed E-state index contributed by atoms with van der Waals surface area (Å²) in [4.78, 5) is 25.3. The third-order valence-electron chi connectivity index (χ3n) is 3.97. The van der Waals surface area contributed by atoms with Crippen molar-refractivity contribution in [3.8, 4) is 0 Å². The van der Waals surface area contributed by atoms with Gasteiger partial charge < -0.3 is 16.0 Å². The Labute approximate surface area is 111 Å². The first-order chi connectivity index (χ1) is 9.15. The van der Waals surface area contributed by atoms with E-state index < -0.39 is 0 Å². The quantitative estimate of drug-likeness (QED) is 0.805. The fourth-order valence-corrected chi connectivity index (χ4v) is 2.86. The number of para-hydroxylation sites is 1. The first-order valence-corrected chi connectivity index (χ1v) is 6.57. The van der Waals surface area contributed by atoms with Gasteiger partial charge in [-0.15, -0.1) is 0 Å². The lowest BCUT2D eigenvalue weighted by atomic mass is 10.1. The van der Waals surface area contributed by atoms with Gasteiger partial charge in [0.25, 0.3) is 0 Å². The minimum atomic E-state index is -0.307. The van der Waals surface area contributed by atoms with Gasteiger partial charge in [0.1, 0.15) is 6.04 Å². The van der Waals surface area contributed by atoms with E-state index in [1.807, 2.05) is 24.3 Å². The number of nitrogens with zero attached hydrogens (tertiary/aromatic N) is 1. The fourth-order valence-electron chi connectivity index (χ4n) is 2.86. The van der Waals surface area contributed by atoms with Crippen molar-refractivity contribution in [1.82, 2.24) is 4.90 Å². The Kier molecular flexibility index (Phi) is 2.89. The van der Waals surface area contributed by atoms with E-state index in [0.29, 0.717) is 25.9 Å². The number of rotatable bonds is 2. The number of anilines is 1. The van der Waals surface area contributed by atoms with Crippen molar-refractivity contribution in [3.05, 3.63) is 29.8 Å². The van der Waals surface area contributed by atoms with Crippen molar-refractivity contribution in [2.24, 2.45) is 11.7 Å². The van der Waals surface area contributed by atoms with Crippen LogP contribution in [0.25, 0.3) is 0 Å². The van der Waals surface area contributed by atoms with Crippen LogP contribution in [0.3, 0.4) is 0 Å². The Hall–Kier alpha value is -2.04. The van der Waals surface area contributed by atoms with Crippen molar-refractivity contribution >= 4 is 17.5 Å². The molecular weight excluding hydrogens is 242 g/mol. The number of hydrogen-bond acceptors (Lipinski definition) is 3. The van der Waals surface area contributed by atoms with Crippen LogP contribution in [0, 0.1) is 5.92 Å². The fraction of sp³-hybridized carbons (Fsp3) is 0.429. The second-order valence-electron chi connectivity index (χ2n) is 5.23. The van der Waals surface area contributed by atoms with Crippen LogP contribution in [0.2, 0.25) is 0 Å². The van der Waals surface area contributed by atoms with Gasteiger partial charge in [-0.1, -0.05) is 18.2 Å². The first-order valence-electron chi connectivity index (χ1n) is 6.57. The lowest BCUT2D eigenvalue weighted by Crippen LogP contribution is -2.41. The highest BCUT2D eigenvalue weighted by Gasteiger charge is 2.35. The number of carbonyl (C=O) groups excluding carboxylic acids is 2. The minimum Gasteiger partial charge on any atom is -0.373 e. The van der Waals surface area contributed by atoms with Crippen LogP contribution in [0.1, 0.15) is 12.0 Å². The molecule has 0 radical (unpaired) electrons. The van der Waals surface area contributed by atoms with E-state index in [4.69, 9.17) is 5.73 Å². The predicted molar refractivity (Wildman–Crippen MR) is 71.4 cm³/mol. The highest BCUT2D eigenvalue weighted by molar-refractivity contribution is 5.88. The number of fused-ring (bicyclic) bond motifs is 1. The van der Waals surface area contributed by atoms with Gasteiger partial charge in [-0.25, -0.2) is 0 Å². The van der Waals surface area contributed by atoms with Crippen LogP contribution in [0.15, 0.2) is 24.3 Å². The number of carbonyl (C=O) groups is 2. The van der Waals surface area contributed by atoms with Gasteiger partial charge in [-0.05, 0) is 18.1 Å². The molecule has 1 fully saturated rings. The third-order valence-corrected chi connectivity index (χ3v) is 3.97. The summed E-state index contributed by atoms with van der Waals surface area (Å²) < 4.78 is 0. The molecule has 3 N–H and O–H groups in total. The molecule has 19 heavy (non-hydrogen) atoms. The lowest BCUT2D eigenvalue weighted by molar-refractivity contribution is -0.131. The molecule has 1 saturated heterocycles. The van der Waals surface area contributed by atoms with E-state index >= 15 is 0 Å². The summed E-state index contributed by atoms with van der Waals surface area (Å²) in [6.07, 6.45) is 1.40. The van der Waals surface area contributed by atoms with Gasteiger partial charge in [0.05, 0.1) is 5.92 Å². The number of likely N-dealkylation sites (tertiary alicyclic amines) is 1. The Morgan fingerprint density at radius 2 is 2.11 bits per heavy atom. The summed E-state index contributed by atoms with van der Waals surface area (Å²) in [5.41, 5.74) is 7.50. The van der Waals surface area contributed by atoms with Gasteiger partial charge in [-0.2, -0.15) is 0 Å². The van der Waals surface area contributed by atoms with E-state index in [1.54, 1.807) is 4.90 Å². The van der Waals surface area contributed by atoms with Crippen LogP contribution in [0.4, 0.5) is 5.69 Å². The van der Waals surface area contributed by atoms with Gasteiger partial charge in [0.15, 0.2) is 0 Å². The number of nitrogens with one attached hydrogen (secondary N) is 1. The zero-order chi connectivity index (χ0) is 13.4. The molecule has 2 aliphatic heterocycles. The van der Waals surface area contributed by atoms with Crippen molar-refractivity contribution in [2.45, 2.75) is 18.9 Å². The largest absolute Gasteiger partial charge is 0.373 e. The smallest absolute Gasteiger partial charge is 0.245 e. The van der Waals surface area contributed by atoms with Crippen molar-refractivity contribution in [1.29, 1.82) is 0 Å². The summed E-state index contributed by atoms with van der Waals surface area (Å²) >= 11 is 0. The maximum Gasteiger partial charge on any atom is 0.245 e. The molecule has 5 heteroatoms. The van der Waals surface area contributed by atoms with Crippen LogP contribution in [-0.2, 0) is 16.0 Å². The molecule has 2 atom stereocenters. The molecule has 0 aliphatic carbocycles. The number of amides is 2. The molecule has 0 spiro atoms. The van der Waals surface area contributed by atoms with Crippen molar-refractivity contribution in [3.63, 3.8) is 0 Å². The average Bonchev–Trinajstić information content (AvgIpc) is 3.04.